The van der Waals surface area contributed by atoms with E-state index in [0.717, 1.165) is 6.54 Å². The summed E-state index contributed by atoms with van der Waals surface area (Å²) in [5.41, 5.74) is 4.47. The lowest BCUT2D eigenvalue weighted by Gasteiger charge is -2.26. The number of likely N-dealkylation sites (N-methyl/N-ethyl adjacent to an activating group) is 1. The van der Waals surface area contributed by atoms with E-state index >= 15 is 0 Å². The molecule has 2 rings (SSSR count). The van der Waals surface area contributed by atoms with Crippen molar-refractivity contribution in [3.05, 3.63) is 33.3 Å². The van der Waals surface area contributed by atoms with Gasteiger partial charge in [0.15, 0.2) is 0 Å². The van der Waals surface area contributed by atoms with Crippen LogP contribution in [-0.4, -0.2) is 18.5 Å². The first kappa shape index (κ1) is 9.22. The molecule has 1 nitrogen and oxygen atoms in total. The minimum absolute atomic E-state index is 1.09. The van der Waals surface area contributed by atoms with Crippen LogP contribution in [0.5, 0.6) is 0 Å². The zero-order valence-corrected chi connectivity index (χ0v) is 9.69. The summed E-state index contributed by atoms with van der Waals surface area (Å²) in [7, 11) is 2.18. The third kappa shape index (κ3) is 1.79. The molecule has 0 fully saturated rings. The van der Waals surface area contributed by atoms with Crippen molar-refractivity contribution in [2.75, 3.05) is 13.6 Å². The van der Waals surface area contributed by atoms with Crippen molar-refractivity contribution < 1.29 is 0 Å². The number of halogens is 1. The van der Waals surface area contributed by atoms with Gasteiger partial charge in [0.25, 0.3) is 0 Å². The molecule has 0 amide bonds. The van der Waals surface area contributed by atoms with Crippen LogP contribution < -0.4 is 0 Å². The number of benzene rings is 1. The second-order valence-corrected chi connectivity index (χ2v) is 4.76. The van der Waals surface area contributed by atoms with Crippen molar-refractivity contribution in [3.63, 3.8) is 0 Å². The molecule has 1 aromatic rings. The molecule has 0 unspecified atom stereocenters. The lowest BCUT2D eigenvalue weighted by atomic mass is 9.96. The molecule has 0 aromatic heterocycles. The third-order valence-electron chi connectivity index (χ3n) is 2.71. The van der Waals surface area contributed by atoms with Gasteiger partial charge in [-0.25, -0.2) is 0 Å². The summed E-state index contributed by atoms with van der Waals surface area (Å²) in [5, 5.41) is 0. The van der Waals surface area contributed by atoms with Crippen molar-refractivity contribution in [2.45, 2.75) is 19.9 Å². The van der Waals surface area contributed by atoms with E-state index in [0.29, 0.717) is 0 Å². The molecule has 0 radical (unpaired) electrons. The molecule has 0 N–H and O–H groups in total. The van der Waals surface area contributed by atoms with E-state index in [1.165, 1.54) is 28.6 Å². The van der Waals surface area contributed by atoms with E-state index in [1.54, 1.807) is 5.56 Å². The van der Waals surface area contributed by atoms with Gasteiger partial charge in [-0.15, -0.1) is 0 Å². The van der Waals surface area contributed by atoms with E-state index in [1.807, 2.05) is 0 Å². The van der Waals surface area contributed by atoms with Crippen LogP contribution >= 0.6 is 15.9 Å². The largest absolute Gasteiger partial charge is 0.302 e. The number of nitrogens with zero attached hydrogens (tertiary/aromatic N) is 1. The van der Waals surface area contributed by atoms with Gasteiger partial charge in [0, 0.05) is 17.6 Å². The number of rotatable bonds is 0. The Morgan fingerprint density at radius 1 is 1.38 bits per heavy atom. The predicted molar refractivity (Wildman–Crippen MR) is 58.9 cm³/mol. The highest BCUT2D eigenvalue weighted by molar-refractivity contribution is 9.10. The topological polar surface area (TPSA) is 3.24 Å². The highest BCUT2D eigenvalue weighted by atomic mass is 79.9. The lowest BCUT2D eigenvalue weighted by Crippen LogP contribution is -2.27. The summed E-state index contributed by atoms with van der Waals surface area (Å²) in [6, 6.07) is 4.46. The Kier molecular flexibility index (Phi) is 2.43. The smallest absolute Gasteiger partial charge is 0.0234 e. The molecular weight excluding hydrogens is 226 g/mol. The molecule has 0 saturated carbocycles. The van der Waals surface area contributed by atoms with Crippen LogP contribution in [0.2, 0.25) is 0 Å². The van der Waals surface area contributed by atoms with Crippen LogP contribution in [-0.2, 0) is 13.0 Å². The standard InChI is InChI=1S/C11H14BrN/c1-8-5-10(12)6-9-7-13(2)4-3-11(8)9/h5-6H,3-4,7H2,1-2H3. The second-order valence-electron chi connectivity index (χ2n) is 3.85. The molecule has 0 saturated heterocycles. The molecular formula is C11H14BrN. The summed E-state index contributed by atoms with van der Waals surface area (Å²) in [6.45, 7) is 4.49. The van der Waals surface area contributed by atoms with Crippen molar-refractivity contribution in [3.8, 4) is 0 Å². The van der Waals surface area contributed by atoms with E-state index in [2.05, 4.69) is 46.9 Å². The molecule has 13 heavy (non-hydrogen) atoms. The fraction of sp³-hybridized carbons (Fsp3) is 0.455. The molecule has 1 heterocycles. The van der Waals surface area contributed by atoms with Crippen molar-refractivity contribution in [1.82, 2.24) is 4.90 Å². The van der Waals surface area contributed by atoms with Gasteiger partial charge < -0.3 is 4.90 Å². The molecule has 0 aliphatic carbocycles. The minimum Gasteiger partial charge on any atom is -0.302 e. The Morgan fingerprint density at radius 3 is 2.92 bits per heavy atom. The van der Waals surface area contributed by atoms with Crippen LogP contribution in [0.15, 0.2) is 16.6 Å². The monoisotopic (exact) mass is 239 g/mol. The van der Waals surface area contributed by atoms with Crippen LogP contribution in [0, 0.1) is 6.92 Å². The van der Waals surface area contributed by atoms with Gasteiger partial charge in [0.05, 0.1) is 0 Å². The van der Waals surface area contributed by atoms with Crippen molar-refractivity contribution >= 4 is 15.9 Å². The van der Waals surface area contributed by atoms with Gasteiger partial charge in [-0.05, 0) is 49.2 Å². The Hall–Kier alpha value is -0.340. The average Bonchev–Trinajstić information content (AvgIpc) is 2.02. The fourth-order valence-corrected chi connectivity index (χ4v) is 2.63. The quantitative estimate of drug-likeness (QED) is 0.674. The Balaban J connectivity index is 2.47. The maximum Gasteiger partial charge on any atom is 0.0234 e. The SMILES string of the molecule is Cc1cc(Br)cc2c1CCN(C)C2. The van der Waals surface area contributed by atoms with Gasteiger partial charge in [-0.1, -0.05) is 15.9 Å². The number of hydrogen-bond donors (Lipinski definition) is 0. The van der Waals surface area contributed by atoms with Gasteiger partial charge in [0.1, 0.15) is 0 Å². The van der Waals surface area contributed by atoms with Crippen LogP contribution in [0.25, 0.3) is 0 Å². The second kappa shape index (κ2) is 3.43. The average molecular weight is 240 g/mol. The lowest BCUT2D eigenvalue weighted by molar-refractivity contribution is 0.312. The van der Waals surface area contributed by atoms with Gasteiger partial charge in [-0.2, -0.15) is 0 Å². The van der Waals surface area contributed by atoms with Gasteiger partial charge >= 0.3 is 0 Å². The minimum atomic E-state index is 1.09. The molecule has 1 aliphatic rings. The number of aryl methyl sites for hydroxylation is 1. The third-order valence-corrected chi connectivity index (χ3v) is 3.17. The van der Waals surface area contributed by atoms with Crippen LogP contribution in [0.4, 0.5) is 0 Å². The van der Waals surface area contributed by atoms with Gasteiger partial charge in [-0.3, -0.25) is 0 Å². The fourth-order valence-electron chi connectivity index (χ4n) is 2.01. The first-order valence-electron chi connectivity index (χ1n) is 4.63. The normalized spacial score (nSPS) is 17.2. The highest BCUT2D eigenvalue weighted by Crippen LogP contribution is 2.25. The molecule has 1 aromatic carbocycles. The molecule has 2 heteroatoms. The Bertz CT molecular complexity index is 333. The molecule has 0 bridgehead atoms. The predicted octanol–water partition coefficient (Wildman–Crippen LogP) is 2.75. The first-order valence-corrected chi connectivity index (χ1v) is 5.42. The summed E-state index contributed by atoms with van der Waals surface area (Å²) in [4.78, 5) is 2.37. The number of hydrogen-bond acceptors (Lipinski definition) is 1. The molecule has 1 aliphatic heterocycles. The highest BCUT2D eigenvalue weighted by Gasteiger charge is 2.14. The van der Waals surface area contributed by atoms with E-state index in [9.17, 15) is 0 Å². The van der Waals surface area contributed by atoms with Crippen molar-refractivity contribution in [1.29, 1.82) is 0 Å². The first-order chi connectivity index (χ1) is 6.16. The van der Waals surface area contributed by atoms with E-state index in [4.69, 9.17) is 0 Å². The summed E-state index contributed by atoms with van der Waals surface area (Å²) < 4.78 is 1.21. The molecule has 0 spiro atoms. The van der Waals surface area contributed by atoms with Gasteiger partial charge in [0.2, 0.25) is 0 Å². The zero-order chi connectivity index (χ0) is 9.42. The summed E-state index contributed by atoms with van der Waals surface area (Å²) >= 11 is 3.54. The van der Waals surface area contributed by atoms with Crippen molar-refractivity contribution in [2.24, 2.45) is 0 Å². The van der Waals surface area contributed by atoms with E-state index in [-0.39, 0.29) is 0 Å². The zero-order valence-electron chi connectivity index (χ0n) is 8.10. The van der Waals surface area contributed by atoms with E-state index < -0.39 is 0 Å². The molecule has 0 atom stereocenters. The van der Waals surface area contributed by atoms with Crippen LogP contribution in [0.3, 0.4) is 0 Å². The Labute approximate surface area is 87.9 Å². The van der Waals surface area contributed by atoms with Crippen LogP contribution in [0.1, 0.15) is 16.7 Å². The maximum atomic E-state index is 3.54. The Morgan fingerprint density at radius 2 is 2.15 bits per heavy atom. The summed E-state index contributed by atoms with van der Waals surface area (Å²) in [5.74, 6) is 0. The maximum absolute atomic E-state index is 3.54. The number of fused-ring (bicyclic) bond motifs is 1. The summed E-state index contributed by atoms with van der Waals surface area (Å²) in [6.07, 6.45) is 1.20. The molecule has 70 valence electrons.